The standard InChI is InChI=1S/C16H18FN3O3/c1-19-4-5-20(9-14(19)16(22)23)15(21)6-10-8-18-13-7-11(17)2-3-12(10)13/h2-3,7-8,14,18H,4-6,9H2,1H3,(H,22,23)/t14-/m1/s1. The van der Waals surface area contributed by atoms with Crippen LogP contribution < -0.4 is 0 Å². The van der Waals surface area contributed by atoms with Gasteiger partial charge in [0, 0.05) is 36.7 Å². The van der Waals surface area contributed by atoms with Crippen molar-refractivity contribution in [2.75, 3.05) is 26.7 Å². The molecule has 1 aliphatic rings. The quantitative estimate of drug-likeness (QED) is 0.887. The SMILES string of the molecule is CN1CCN(C(=O)Cc2c[nH]c3cc(F)ccc23)C[C@@H]1C(=O)O. The number of benzene rings is 1. The number of halogens is 1. The van der Waals surface area contributed by atoms with Crippen molar-refractivity contribution < 1.29 is 19.1 Å². The van der Waals surface area contributed by atoms with Crippen molar-refractivity contribution in [3.63, 3.8) is 0 Å². The Morgan fingerprint density at radius 2 is 2.17 bits per heavy atom. The normalized spacial score (nSPS) is 19.2. The zero-order chi connectivity index (χ0) is 16.6. The van der Waals surface area contributed by atoms with Crippen LogP contribution in [0.3, 0.4) is 0 Å². The second-order valence-electron chi connectivity index (χ2n) is 5.85. The molecule has 1 aliphatic heterocycles. The van der Waals surface area contributed by atoms with Crippen LogP contribution in [0.2, 0.25) is 0 Å². The van der Waals surface area contributed by atoms with Crippen molar-refractivity contribution in [3.8, 4) is 0 Å². The molecule has 0 radical (unpaired) electrons. The maximum absolute atomic E-state index is 13.2. The summed E-state index contributed by atoms with van der Waals surface area (Å²) in [4.78, 5) is 30.0. The summed E-state index contributed by atoms with van der Waals surface area (Å²) in [6.07, 6.45) is 1.87. The van der Waals surface area contributed by atoms with Crippen molar-refractivity contribution in [1.29, 1.82) is 0 Å². The lowest BCUT2D eigenvalue weighted by atomic mass is 10.1. The Hall–Kier alpha value is -2.41. The van der Waals surface area contributed by atoms with Crippen molar-refractivity contribution in [1.82, 2.24) is 14.8 Å². The summed E-state index contributed by atoms with van der Waals surface area (Å²) >= 11 is 0. The first-order chi connectivity index (χ1) is 11.0. The zero-order valence-corrected chi connectivity index (χ0v) is 12.8. The zero-order valence-electron chi connectivity index (χ0n) is 12.8. The number of carboxylic acid groups (broad SMARTS) is 1. The largest absolute Gasteiger partial charge is 0.480 e. The van der Waals surface area contributed by atoms with Crippen LogP contribution in [-0.4, -0.2) is 64.5 Å². The second-order valence-corrected chi connectivity index (χ2v) is 5.85. The molecule has 1 fully saturated rings. The van der Waals surface area contributed by atoms with Gasteiger partial charge >= 0.3 is 5.97 Å². The summed E-state index contributed by atoms with van der Waals surface area (Å²) in [5, 5.41) is 10.0. The fourth-order valence-electron chi connectivity index (χ4n) is 2.95. The highest BCUT2D eigenvalue weighted by molar-refractivity contribution is 5.89. The van der Waals surface area contributed by atoms with E-state index < -0.39 is 12.0 Å². The van der Waals surface area contributed by atoms with Gasteiger partial charge in [0.2, 0.25) is 5.91 Å². The summed E-state index contributed by atoms with van der Waals surface area (Å²) in [6, 6.07) is 3.72. The number of carbonyl (C=O) groups is 2. The maximum Gasteiger partial charge on any atom is 0.322 e. The van der Waals surface area contributed by atoms with Gasteiger partial charge in [-0.05, 0) is 30.8 Å². The number of likely N-dealkylation sites (N-methyl/N-ethyl adjacent to an activating group) is 1. The molecular formula is C16H18FN3O3. The molecule has 122 valence electrons. The molecule has 1 saturated heterocycles. The highest BCUT2D eigenvalue weighted by atomic mass is 19.1. The Bertz CT molecular complexity index is 758. The predicted molar refractivity (Wildman–Crippen MR) is 82.6 cm³/mol. The number of carboxylic acids is 1. The molecule has 6 nitrogen and oxygen atoms in total. The predicted octanol–water partition coefficient (Wildman–Crippen LogP) is 1.08. The highest BCUT2D eigenvalue weighted by Crippen LogP contribution is 2.20. The smallest absolute Gasteiger partial charge is 0.322 e. The number of aromatic amines is 1. The van der Waals surface area contributed by atoms with Gasteiger partial charge in [0.15, 0.2) is 0 Å². The van der Waals surface area contributed by atoms with Gasteiger partial charge in [-0.25, -0.2) is 4.39 Å². The molecule has 1 aromatic heterocycles. The molecule has 3 rings (SSSR count). The Labute approximate surface area is 132 Å². The molecule has 2 N–H and O–H groups in total. The van der Waals surface area contributed by atoms with E-state index in [4.69, 9.17) is 0 Å². The monoisotopic (exact) mass is 319 g/mol. The number of fused-ring (bicyclic) bond motifs is 1. The highest BCUT2D eigenvalue weighted by Gasteiger charge is 2.32. The van der Waals surface area contributed by atoms with Gasteiger partial charge in [0.05, 0.1) is 6.42 Å². The van der Waals surface area contributed by atoms with Crippen LogP contribution in [0.25, 0.3) is 10.9 Å². The van der Waals surface area contributed by atoms with Crippen molar-refractivity contribution in [3.05, 3.63) is 35.8 Å². The van der Waals surface area contributed by atoms with Gasteiger partial charge in [0.25, 0.3) is 0 Å². The molecule has 0 unspecified atom stereocenters. The maximum atomic E-state index is 13.2. The van der Waals surface area contributed by atoms with Crippen LogP contribution in [0.1, 0.15) is 5.56 Å². The average molecular weight is 319 g/mol. The van der Waals surface area contributed by atoms with E-state index in [1.807, 2.05) is 0 Å². The van der Waals surface area contributed by atoms with Crippen LogP contribution in [-0.2, 0) is 16.0 Å². The van der Waals surface area contributed by atoms with Gasteiger partial charge in [-0.15, -0.1) is 0 Å². The van der Waals surface area contributed by atoms with E-state index in [1.165, 1.54) is 12.1 Å². The molecule has 23 heavy (non-hydrogen) atoms. The Morgan fingerprint density at radius 1 is 1.39 bits per heavy atom. The summed E-state index contributed by atoms with van der Waals surface area (Å²) in [5.74, 6) is -1.37. The molecule has 2 aromatic rings. The summed E-state index contributed by atoms with van der Waals surface area (Å²) in [5.41, 5.74) is 1.44. The topological polar surface area (TPSA) is 76.6 Å². The van der Waals surface area contributed by atoms with Crippen LogP contribution in [0.5, 0.6) is 0 Å². The summed E-state index contributed by atoms with van der Waals surface area (Å²) in [7, 11) is 1.74. The lowest BCUT2D eigenvalue weighted by molar-refractivity contribution is -0.147. The lowest BCUT2D eigenvalue weighted by Crippen LogP contribution is -2.56. The first-order valence-corrected chi connectivity index (χ1v) is 7.42. The third-order valence-corrected chi connectivity index (χ3v) is 4.36. The van der Waals surface area contributed by atoms with Crippen LogP contribution in [0.4, 0.5) is 4.39 Å². The first-order valence-electron chi connectivity index (χ1n) is 7.42. The molecular weight excluding hydrogens is 301 g/mol. The number of hydrogen-bond donors (Lipinski definition) is 2. The number of H-pyrrole nitrogens is 1. The minimum Gasteiger partial charge on any atom is -0.480 e. The molecule has 1 amide bonds. The lowest BCUT2D eigenvalue weighted by Gasteiger charge is -2.37. The molecule has 0 bridgehead atoms. The third-order valence-electron chi connectivity index (χ3n) is 4.36. The molecule has 0 spiro atoms. The molecule has 1 aromatic carbocycles. The molecule has 0 saturated carbocycles. The fourth-order valence-corrected chi connectivity index (χ4v) is 2.95. The number of amides is 1. The Balaban J connectivity index is 1.74. The first kappa shape index (κ1) is 15.5. The molecule has 0 aliphatic carbocycles. The number of carbonyl (C=O) groups excluding carboxylic acids is 1. The summed E-state index contributed by atoms with van der Waals surface area (Å²) < 4.78 is 13.2. The van der Waals surface area contributed by atoms with Crippen molar-refractivity contribution >= 4 is 22.8 Å². The van der Waals surface area contributed by atoms with Crippen molar-refractivity contribution in [2.24, 2.45) is 0 Å². The molecule has 2 heterocycles. The van der Waals surface area contributed by atoms with Crippen LogP contribution in [0, 0.1) is 5.82 Å². The minimum atomic E-state index is -0.924. The van der Waals surface area contributed by atoms with E-state index >= 15 is 0 Å². The van der Waals surface area contributed by atoms with E-state index in [0.29, 0.717) is 18.6 Å². The summed E-state index contributed by atoms with van der Waals surface area (Å²) in [6.45, 7) is 1.22. The Kier molecular flexibility index (Phi) is 4.04. The second kappa shape index (κ2) is 6.00. The van der Waals surface area contributed by atoms with E-state index in [0.717, 1.165) is 10.9 Å². The van der Waals surface area contributed by atoms with E-state index in [1.54, 1.807) is 29.1 Å². The van der Waals surface area contributed by atoms with Gasteiger partial charge in [-0.3, -0.25) is 14.5 Å². The van der Waals surface area contributed by atoms with Crippen molar-refractivity contribution in [2.45, 2.75) is 12.5 Å². The number of hydrogen-bond acceptors (Lipinski definition) is 3. The number of rotatable bonds is 3. The van der Waals surface area contributed by atoms with Gasteiger partial charge in [-0.2, -0.15) is 0 Å². The third kappa shape index (κ3) is 3.05. The van der Waals surface area contributed by atoms with E-state index in [2.05, 4.69) is 4.98 Å². The minimum absolute atomic E-state index is 0.116. The number of piperazine rings is 1. The van der Waals surface area contributed by atoms with E-state index in [-0.39, 0.29) is 24.7 Å². The number of nitrogens with one attached hydrogen (secondary N) is 1. The molecule has 7 heteroatoms. The van der Waals surface area contributed by atoms with Crippen LogP contribution in [0.15, 0.2) is 24.4 Å². The van der Waals surface area contributed by atoms with Gasteiger partial charge in [0.1, 0.15) is 11.9 Å². The number of aromatic nitrogens is 1. The number of nitrogens with zero attached hydrogens (tertiary/aromatic N) is 2. The fraction of sp³-hybridized carbons (Fsp3) is 0.375. The van der Waals surface area contributed by atoms with Gasteiger partial charge < -0.3 is 15.0 Å². The number of aliphatic carboxylic acids is 1. The molecule has 1 atom stereocenters. The van der Waals surface area contributed by atoms with Crippen LogP contribution >= 0.6 is 0 Å². The van der Waals surface area contributed by atoms with E-state index in [9.17, 15) is 19.1 Å². The Morgan fingerprint density at radius 3 is 2.91 bits per heavy atom. The average Bonchev–Trinajstić information content (AvgIpc) is 2.89. The van der Waals surface area contributed by atoms with Gasteiger partial charge in [-0.1, -0.05) is 0 Å².